The maximum atomic E-state index is 12.9. The Hall–Kier alpha value is -1.33. The van der Waals surface area contributed by atoms with Crippen LogP contribution in [0.3, 0.4) is 0 Å². The number of rotatable bonds is 4. The van der Waals surface area contributed by atoms with Gasteiger partial charge in [-0.3, -0.25) is 0 Å². The van der Waals surface area contributed by atoms with Crippen molar-refractivity contribution >= 4 is 11.8 Å². The third-order valence-corrected chi connectivity index (χ3v) is 4.64. The number of hydrogen-bond donors (Lipinski definition) is 1. The summed E-state index contributed by atoms with van der Waals surface area (Å²) < 4.78 is 18.2. The second-order valence-corrected chi connectivity index (χ2v) is 6.13. The monoisotopic (exact) mass is 292 g/mol. The Morgan fingerprint density at radius 3 is 2.95 bits per heavy atom. The van der Waals surface area contributed by atoms with Gasteiger partial charge in [-0.25, -0.2) is 4.39 Å². The van der Waals surface area contributed by atoms with Crippen LogP contribution in [0.5, 0.6) is 0 Å². The Balaban J connectivity index is 1.60. The molecule has 0 aliphatic carbocycles. The first-order valence-electron chi connectivity index (χ1n) is 6.84. The largest absolute Gasteiger partial charge is 0.359 e. The van der Waals surface area contributed by atoms with E-state index in [0.717, 1.165) is 17.0 Å². The van der Waals surface area contributed by atoms with Crippen molar-refractivity contribution in [3.63, 3.8) is 0 Å². The van der Waals surface area contributed by atoms with Crippen LogP contribution in [0.15, 0.2) is 34.9 Å². The number of benzene rings is 1. The van der Waals surface area contributed by atoms with Crippen molar-refractivity contribution in [2.45, 2.75) is 25.4 Å². The van der Waals surface area contributed by atoms with E-state index in [9.17, 15) is 4.39 Å². The molecule has 1 aromatic carbocycles. The van der Waals surface area contributed by atoms with Crippen LogP contribution in [0.25, 0.3) is 11.3 Å². The molecular weight excluding hydrogens is 275 g/mol. The first-order valence-corrected chi connectivity index (χ1v) is 7.99. The van der Waals surface area contributed by atoms with E-state index in [4.69, 9.17) is 4.52 Å². The molecular formula is C15H17FN2OS. The molecule has 0 bridgehead atoms. The summed E-state index contributed by atoms with van der Waals surface area (Å²) in [6, 6.07) is 8.76. The van der Waals surface area contributed by atoms with E-state index < -0.39 is 0 Å². The van der Waals surface area contributed by atoms with E-state index in [0.29, 0.717) is 12.6 Å². The summed E-state index contributed by atoms with van der Waals surface area (Å²) in [5.74, 6) is 3.02. The summed E-state index contributed by atoms with van der Waals surface area (Å²) >= 11 is 2.00. The Bertz CT molecular complexity index is 549. The molecule has 106 valence electrons. The first kappa shape index (κ1) is 13.6. The predicted octanol–water partition coefficient (Wildman–Crippen LogP) is 3.47. The van der Waals surface area contributed by atoms with Crippen molar-refractivity contribution < 1.29 is 8.91 Å². The van der Waals surface area contributed by atoms with Crippen LogP contribution in [-0.4, -0.2) is 22.7 Å². The summed E-state index contributed by atoms with van der Waals surface area (Å²) in [5.41, 5.74) is 1.62. The van der Waals surface area contributed by atoms with Gasteiger partial charge in [0, 0.05) is 23.4 Å². The van der Waals surface area contributed by atoms with Crippen LogP contribution in [0.1, 0.15) is 18.6 Å². The lowest BCUT2D eigenvalue weighted by atomic mass is 10.1. The molecule has 2 heterocycles. The maximum Gasteiger partial charge on any atom is 0.151 e. The third-order valence-electron chi connectivity index (χ3n) is 3.42. The summed E-state index contributed by atoms with van der Waals surface area (Å²) in [4.78, 5) is 0. The van der Waals surface area contributed by atoms with Gasteiger partial charge in [0.2, 0.25) is 0 Å². The van der Waals surface area contributed by atoms with E-state index in [1.807, 2.05) is 17.8 Å². The molecule has 1 unspecified atom stereocenters. The van der Waals surface area contributed by atoms with Crippen molar-refractivity contribution in [2.75, 3.05) is 11.5 Å². The molecule has 3 nitrogen and oxygen atoms in total. The van der Waals surface area contributed by atoms with Gasteiger partial charge in [-0.2, -0.15) is 11.8 Å². The number of nitrogens with one attached hydrogen (secondary N) is 1. The van der Waals surface area contributed by atoms with E-state index in [2.05, 4.69) is 10.5 Å². The van der Waals surface area contributed by atoms with Crippen LogP contribution in [0.2, 0.25) is 0 Å². The van der Waals surface area contributed by atoms with Crippen LogP contribution in [0, 0.1) is 5.82 Å². The number of halogens is 1. The predicted molar refractivity (Wildman–Crippen MR) is 79.1 cm³/mol. The highest BCUT2D eigenvalue weighted by Gasteiger charge is 2.14. The maximum absolute atomic E-state index is 12.9. The van der Waals surface area contributed by atoms with E-state index in [1.54, 1.807) is 12.1 Å². The fraction of sp³-hybridized carbons (Fsp3) is 0.400. The Kier molecular flexibility index (Phi) is 4.38. The Morgan fingerprint density at radius 2 is 2.20 bits per heavy atom. The molecule has 3 rings (SSSR count). The number of aromatic nitrogens is 1. The number of nitrogens with zero attached hydrogens (tertiary/aromatic N) is 1. The zero-order valence-electron chi connectivity index (χ0n) is 11.1. The van der Waals surface area contributed by atoms with Crippen molar-refractivity contribution in [3.05, 3.63) is 41.9 Å². The molecule has 1 N–H and O–H groups in total. The highest BCUT2D eigenvalue weighted by molar-refractivity contribution is 7.99. The molecule has 1 fully saturated rings. The smallest absolute Gasteiger partial charge is 0.151 e. The standard InChI is InChI=1S/C15H17FN2OS/c16-12-5-3-11(4-6-12)15-8-14(19-18-15)9-17-13-2-1-7-20-10-13/h3-6,8,13,17H,1-2,7,9-10H2. The van der Waals surface area contributed by atoms with E-state index in [-0.39, 0.29) is 5.82 Å². The molecule has 0 spiro atoms. The lowest BCUT2D eigenvalue weighted by molar-refractivity contribution is 0.363. The second kappa shape index (κ2) is 6.41. The Morgan fingerprint density at radius 1 is 1.35 bits per heavy atom. The van der Waals surface area contributed by atoms with E-state index >= 15 is 0 Å². The molecule has 0 amide bonds. The second-order valence-electron chi connectivity index (χ2n) is 4.98. The lowest BCUT2D eigenvalue weighted by Crippen LogP contribution is -2.33. The highest BCUT2D eigenvalue weighted by atomic mass is 32.2. The van der Waals surface area contributed by atoms with Gasteiger partial charge < -0.3 is 9.84 Å². The van der Waals surface area contributed by atoms with Crippen LogP contribution >= 0.6 is 11.8 Å². The summed E-state index contributed by atoms with van der Waals surface area (Å²) in [5, 5.41) is 7.53. The topological polar surface area (TPSA) is 38.1 Å². The summed E-state index contributed by atoms with van der Waals surface area (Å²) in [6.45, 7) is 0.694. The highest BCUT2D eigenvalue weighted by Crippen LogP contribution is 2.20. The summed E-state index contributed by atoms with van der Waals surface area (Å²) in [6.07, 6.45) is 2.51. The number of hydrogen-bond acceptors (Lipinski definition) is 4. The molecule has 5 heteroatoms. The van der Waals surface area contributed by atoms with Crippen LogP contribution in [-0.2, 0) is 6.54 Å². The Labute approximate surface area is 121 Å². The third kappa shape index (κ3) is 3.41. The molecule has 2 aromatic rings. The van der Waals surface area contributed by atoms with Crippen LogP contribution < -0.4 is 5.32 Å². The molecule has 1 saturated heterocycles. The molecule has 1 aromatic heterocycles. The minimum Gasteiger partial charge on any atom is -0.359 e. The van der Waals surface area contributed by atoms with Gasteiger partial charge in [-0.05, 0) is 42.9 Å². The van der Waals surface area contributed by atoms with Gasteiger partial charge in [-0.15, -0.1) is 0 Å². The number of thioether (sulfide) groups is 1. The fourth-order valence-corrected chi connectivity index (χ4v) is 3.41. The van der Waals surface area contributed by atoms with Crippen molar-refractivity contribution in [1.29, 1.82) is 0 Å². The first-order chi connectivity index (χ1) is 9.81. The van der Waals surface area contributed by atoms with Gasteiger partial charge in [0.05, 0.1) is 6.54 Å². The van der Waals surface area contributed by atoms with Gasteiger partial charge in [0.15, 0.2) is 5.76 Å². The molecule has 0 radical (unpaired) electrons. The molecule has 0 saturated carbocycles. The molecule has 1 aliphatic heterocycles. The molecule has 1 aliphatic rings. The van der Waals surface area contributed by atoms with Crippen molar-refractivity contribution in [1.82, 2.24) is 10.5 Å². The van der Waals surface area contributed by atoms with Crippen molar-refractivity contribution in [3.8, 4) is 11.3 Å². The van der Waals surface area contributed by atoms with Crippen LogP contribution in [0.4, 0.5) is 4.39 Å². The fourth-order valence-electron chi connectivity index (χ4n) is 2.30. The van der Waals surface area contributed by atoms with Crippen molar-refractivity contribution in [2.24, 2.45) is 0 Å². The minimum atomic E-state index is -0.242. The van der Waals surface area contributed by atoms with Gasteiger partial charge >= 0.3 is 0 Å². The quantitative estimate of drug-likeness (QED) is 0.936. The zero-order chi connectivity index (χ0) is 13.8. The SMILES string of the molecule is Fc1ccc(-c2cc(CNC3CCCSC3)on2)cc1. The normalized spacial score (nSPS) is 19.1. The summed E-state index contributed by atoms with van der Waals surface area (Å²) in [7, 11) is 0. The average Bonchev–Trinajstić information content (AvgIpc) is 2.96. The van der Waals surface area contributed by atoms with Gasteiger partial charge in [0.1, 0.15) is 11.5 Å². The molecule has 1 atom stereocenters. The van der Waals surface area contributed by atoms with E-state index in [1.165, 1.54) is 36.5 Å². The minimum absolute atomic E-state index is 0.242. The van der Waals surface area contributed by atoms with Gasteiger partial charge in [-0.1, -0.05) is 5.16 Å². The zero-order valence-corrected chi connectivity index (χ0v) is 12.0. The average molecular weight is 292 g/mol. The molecule has 20 heavy (non-hydrogen) atoms. The van der Waals surface area contributed by atoms with Gasteiger partial charge in [0.25, 0.3) is 0 Å². The lowest BCUT2D eigenvalue weighted by Gasteiger charge is -2.21.